The number of rotatable bonds is 3. The minimum absolute atomic E-state index is 0.211. The fourth-order valence-corrected chi connectivity index (χ4v) is 1.54. The molecule has 1 amide bonds. The molecule has 5 nitrogen and oxygen atoms in total. The summed E-state index contributed by atoms with van der Waals surface area (Å²) in [4.78, 5) is 23.4. The van der Waals surface area contributed by atoms with E-state index >= 15 is 0 Å². The van der Waals surface area contributed by atoms with Crippen LogP contribution in [-0.2, 0) is 9.59 Å². The highest BCUT2D eigenvalue weighted by Crippen LogP contribution is 2.18. The third-order valence-corrected chi connectivity index (χ3v) is 2.22. The second-order valence-electron chi connectivity index (χ2n) is 3.05. The van der Waals surface area contributed by atoms with Crippen LogP contribution in [0.4, 0.5) is 0 Å². The molecule has 1 aliphatic rings. The summed E-state index contributed by atoms with van der Waals surface area (Å²) in [6.07, 6.45) is -0.0243. The quantitative estimate of drug-likeness (QED) is 0.622. The van der Waals surface area contributed by atoms with Gasteiger partial charge in [-0.25, -0.2) is 4.79 Å². The second kappa shape index (κ2) is 3.74. The summed E-state index contributed by atoms with van der Waals surface area (Å²) in [5, 5.41) is 13.2. The highest BCUT2D eigenvalue weighted by atomic mass is 16.4. The Hall–Kier alpha value is -1.10. The molecule has 13 heavy (non-hydrogen) atoms. The van der Waals surface area contributed by atoms with Crippen molar-refractivity contribution < 1.29 is 19.8 Å². The molecular weight excluding hydrogens is 174 g/mol. The maximum Gasteiger partial charge on any atom is 0.329 e. The Morgan fingerprint density at radius 3 is 2.85 bits per heavy atom. The van der Waals surface area contributed by atoms with Gasteiger partial charge in [0.1, 0.15) is 0 Å². The largest absolute Gasteiger partial charge is 0.480 e. The standard InChI is InChI=1S/C8H13NO4/c1-2-6(11)9-4-3-5(10)7(9)8(12)13/h5,7,10H,2-4H2,1H3,(H,12,13)/t5-,7+/m1/s1/i10D. The normalized spacial score (nSPS) is 28.7. The van der Waals surface area contributed by atoms with Crippen molar-refractivity contribution in [2.75, 3.05) is 6.54 Å². The molecule has 0 aromatic carbocycles. The topological polar surface area (TPSA) is 77.8 Å². The van der Waals surface area contributed by atoms with Gasteiger partial charge >= 0.3 is 5.97 Å². The summed E-state index contributed by atoms with van der Waals surface area (Å²) in [5.41, 5.74) is 0. The number of carbonyl (C=O) groups is 2. The van der Waals surface area contributed by atoms with Gasteiger partial charge < -0.3 is 15.1 Å². The van der Waals surface area contributed by atoms with Crippen molar-refractivity contribution >= 4 is 11.9 Å². The molecule has 5 heteroatoms. The molecule has 0 unspecified atom stereocenters. The van der Waals surface area contributed by atoms with Crippen LogP contribution in [0.25, 0.3) is 0 Å². The molecule has 1 rings (SSSR count). The van der Waals surface area contributed by atoms with E-state index < -0.39 is 18.1 Å². The number of aliphatic hydroxyl groups excluding tert-OH is 1. The van der Waals surface area contributed by atoms with Crippen molar-refractivity contribution in [3.05, 3.63) is 0 Å². The molecule has 2 atom stereocenters. The fraction of sp³-hybridized carbons (Fsp3) is 0.750. The van der Waals surface area contributed by atoms with E-state index in [0.717, 1.165) is 0 Å². The first-order valence-electron chi connectivity index (χ1n) is 4.66. The van der Waals surface area contributed by atoms with E-state index in [1.807, 2.05) is 0 Å². The Labute approximate surface area is 77.5 Å². The van der Waals surface area contributed by atoms with Crippen molar-refractivity contribution in [1.82, 2.24) is 4.90 Å². The van der Waals surface area contributed by atoms with E-state index in [1.165, 1.54) is 4.90 Å². The van der Waals surface area contributed by atoms with Crippen LogP contribution < -0.4 is 0 Å². The lowest BCUT2D eigenvalue weighted by Crippen LogP contribution is -2.44. The lowest BCUT2D eigenvalue weighted by Gasteiger charge is -2.21. The van der Waals surface area contributed by atoms with Gasteiger partial charge in [-0.3, -0.25) is 4.79 Å². The Morgan fingerprint density at radius 1 is 1.69 bits per heavy atom. The molecule has 0 spiro atoms. The number of aliphatic hydroxyl groups is 1. The maximum absolute atomic E-state index is 11.3. The summed E-state index contributed by atoms with van der Waals surface area (Å²) in [7, 11) is 0. The molecular formula is C8H13NO4. The number of hydrogen-bond acceptors (Lipinski definition) is 3. The molecule has 1 fully saturated rings. The first-order valence-corrected chi connectivity index (χ1v) is 4.26. The van der Waals surface area contributed by atoms with E-state index in [-0.39, 0.29) is 12.3 Å². The Balaban J connectivity index is 2.78. The van der Waals surface area contributed by atoms with Crippen LogP contribution in [0.15, 0.2) is 0 Å². The van der Waals surface area contributed by atoms with Gasteiger partial charge in [0.25, 0.3) is 0 Å². The van der Waals surface area contributed by atoms with Crippen LogP contribution in [0.1, 0.15) is 19.8 Å². The molecule has 1 saturated heterocycles. The first kappa shape index (κ1) is 8.50. The number of nitrogens with zero attached hydrogens (tertiary/aromatic N) is 1. The van der Waals surface area contributed by atoms with Crippen LogP contribution >= 0.6 is 0 Å². The molecule has 0 aromatic rings. The highest BCUT2D eigenvalue weighted by Gasteiger charge is 2.40. The average molecular weight is 188 g/mol. The van der Waals surface area contributed by atoms with Gasteiger partial charge in [0, 0.05) is 13.0 Å². The summed E-state index contributed by atoms with van der Waals surface area (Å²) in [5.74, 6) is -1.32. The Kier molecular flexibility index (Phi) is 2.44. The zero-order chi connectivity index (χ0) is 10.7. The Morgan fingerprint density at radius 2 is 2.38 bits per heavy atom. The first-order chi connectivity index (χ1) is 6.61. The van der Waals surface area contributed by atoms with E-state index in [2.05, 4.69) is 5.11 Å². The maximum atomic E-state index is 11.3. The number of carboxylic acid groups (broad SMARTS) is 1. The number of amides is 1. The number of likely N-dealkylation sites (tertiary alicyclic amines) is 1. The summed E-state index contributed by atoms with van der Waals surface area (Å²) < 4.78 is 6.71. The smallest absolute Gasteiger partial charge is 0.329 e. The number of hydrogen-bond donors (Lipinski definition) is 2. The van der Waals surface area contributed by atoms with Gasteiger partial charge in [0.05, 0.1) is 6.10 Å². The van der Waals surface area contributed by atoms with Gasteiger partial charge in [-0.15, -0.1) is 0 Å². The summed E-state index contributed by atoms with van der Waals surface area (Å²) >= 11 is 0. The van der Waals surface area contributed by atoms with Crippen LogP contribution in [0.2, 0.25) is 0 Å². The molecule has 0 aliphatic carbocycles. The molecule has 0 saturated carbocycles. The predicted molar refractivity (Wildman–Crippen MR) is 44.1 cm³/mol. The van der Waals surface area contributed by atoms with Crippen molar-refractivity contribution in [1.29, 1.82) is 1.43 Å². The number of carboxylic acids is 1. The van der Waals surface area contributed by atoms with Crippen molar-refractivity contribution in [2.45, 2.75) is 31.9 Å². The van der Waals surface area contributed by atoms with Gasteiger partial charge in [-0.05, 0) is 6.42 Å². The van der Waals surface area contributed by atoms with Gasteiger partial charge in [-0.1, -0.05) is 6.92 Å². The third kappa shape index (κ3) is 1.80. The molecule has 1 heterocycles. The van der Waals surface area contributed by atoms with Gasteiger partial charge in [0.2, 0.25) is 7.34 Å². The van der Waals surface area contributed by atoms with Crippen LogP contribution in [0, 0.1) is 0 Å². The van der Waals surface area contributed by atoms with E-state index in [9.17, 15) is 9.59 Å². The van der Waals surface area contributed by atoms with Crippen LogP contribution in [0.5, 0.6) is 0 Å². The zero-order valence-electron chi connectivity index (χ0n) is 8.40. The summed E-state index contributed by atoms with van der Waals surface area (Å²) in [6, 6.07) is -1.00. The number of carbonyl (C=O) groups excluding carboxylic acids is 1. The minimum atomic E-state index is -1.11. The SMILES string of the molecule is [2H]O[C@@H]1CCN(C(=O)CC)[C@@H]1C(=O)O. The average Bonchev–Trinajstić information content (AvgIpc) is 2.59. The summed E-state index contributed by atoms with van der Waals surface area (Å²) in [6.45, 7) is 2.03. The van der Waals surface area contributed by atoms with Gasteiger partial charge in [-0.2, -0.15) is 0 Å². The van der Waals surface area contributed by atoms with Crippen molar-refractivity contribution in [3.8, 4) is 0 Å². The van der Waals surface area contributed by atoms with Crippen molar-refractivity contribution in [2.24, 2.45) is 0 Å². The molecule has 74 valence electrons. The van der Waals surface area contributed by atoms with E-state index in [1.54, 1.807) is 6.92 Å². The highest BCUT2D eigenvalue weighted by molar-refractivity contribution is 5.84. The second-order valence-corrected chi connectivity index (χ2v) is 3.05. The van der Waals surface area contributed by atoms with E-state index in [0.29, 0.717) is 13.0 Å². The fourth-order valence-electron chi connectivity index (χ4n) is 1.54. The molecule has 0 bridgehead atoms. The van der Waals surface area contributed by atoms with Gasteiger partial charge in [0.15, 0.2) is 6.04 Å². The van der Waals surface area contributed by atoms with E-state index in [4.69, 9.17) is 6.54 Å². The van der Waals surface area contributed by atoms with Crippen LogP contribution in [-0.4, -0.2) is 47.1 Å². The molecule has 0 radical (unpaired) electrons. The molecule has 0 aromatic heterocycles. The Bertz CT molecular complexity index is 245. The van der Waals surface area contributed by atoms with Crippen molar-refractivity contribution in [3.63, 3.8) is 0 Å². The molecule has 2 N–H and O–H groups in total. The lowest BCUT2D eigenvalue weighted by molar-refractivity contribution is -0.150. The molecule has 1 aliphatic heterocycles. The van der Waals surface area contributed by atoms with Crippen LogP contribution in [0.3, 0.4) is 0 Å². The lowest BCUT2D eigenvalue weighted by atomic mass is 10.2. The predicted octanol–water partition coefficient (Wildman–Crippen LogP) is -0.557. The number of aliphatic carboxylic acids is 1. The third-order valence-electron chi connectivity index (χ3n) is 2.22. The minimum Gasteiger partial charge on any atom is -0.480 e. The monoisotopic (exact) mass is 188 g/mol. The zero-order valence-corrected chi connectivity index (χ0v) is 7.40.